The third-order valence-corrected chi connectivity index (χ3v) is 3.43. The Balaban J connectivity index is 0.000000131. The van der Waals surface area contributed by atoms with Gasteiger partial charge in [-0.2, -0.15) is 0 Å². The third-order valence-electron chi connectivity index (χ3n) is 3.43. The van der Waals surface area contributed by atoms with Gasteiger partial charge < -0.3 is 29.8 Å². The van der Waals surface area contributed by atoms with Crippen LogP contribution in [0.25, 0.3) is 0 Å². The molecule has 0 spiro atoms. The van der Waals surface area contributed by atoms with Gasteiger partial charge in [-0.3, -0.25) is 0 Å². The largest absolute Gasteiger partial charge is 0.508 e. The molecule has 0 aliphatic carbocycles. The molecule has 6 heteroatoms. The number of phenols is 1. The molecule has 1 aromatic rings. The fourth-order valence-electron chi connectivity index (χ4n) is 1.89. The lowest BCUT2D eigenvalue weighted by molar-refractivity contribution is 0.102. The summed E-state index contributed by atoms with van der Waals surface area (Å²) in [4.78, 5) is 0. The number of hydrogen-bond donors (Lipinski definition) is 2. The molecule has 4 rings (SSSR count). The van der Waals surface area contributed by atoms with Gasteiger partial charge in [-0.25, -0.2) is 0 Å². The van der Waals surface area contributed by atoms with Gasteiger partial charge in [0, 0.05) is 17.7 Å². The van der Waals surface area contributed by atoms with Crippen molar-refractivity contribution in [1.29, 1.82) is 0 Å². The summed E-state index contributed by atoms with van der Waals surface area (Å²) >= 11 is 0. The normalized spacial score (nSPS) is 28.5. The summed E-state index contributed by atoms with van der Waals surface area (Å²) < 4.78 is 20.2. The van der Waals surface area contributed by atoms with E-state index >= 15 is 0 Å². The molecule has 116 valence electrons. The lowest BCUT2D eigenvalue weighted by Crippen LogP contribution is -2.06. The monoisotopic (exact) mass is 295 g/mol. The Morgan fingerprint density at radius 3 is 2.10 bits per heavy atom. The zero-order valence-electron chi connectivity index (χ0n) is 11.9. The van der Waals surface area contributed by atoms with E-state index in [0.29, 0.717) is 17.9 Å². The fraction of sp³-hybridized carbons (Fsp3) is 0.600. The summed E-state index contributed by atoms with van der Waals surface area (Å²) in [5.74, 6) is 0.269. The summed E-state index contributed by atoms with van der Waals surface area (Å²) in [6, 6.07) is 5.17. The lowest BCUT2D eigenvalue weighted by Gasteiger charge is -2.05. The van der Waals surface area contributed by atoms with Crippen molar-refractivity contribution in [2.45, 2.75) is 24.7 Å². The fourth-order valence-corrected chi connectivity index (χ4v) is 1.89. The molecule has 3 atom stereocenters. The Bertz CT molecular complexity index is 437. The van der Waals surface area contributed by atoms with E-state index in [1.807, 2.05) is 0 Å². The SMILES string of the molecule is C(OCC1CO1)C1CO1.Nc1cccc(O)c1CC1CO1. The van der Waals surface area contributed by atoms with Crippen molar-refractivity contribution >= 4 is 5.69 Å². The first-order valence-corrected chi connectivity index (χ1v) is 7.21. The van der Waals surface area contributed by atoms with Crippen LogP contribution in [0.15, 0.2) is 18.2 Å². The standard InChI is InChI=1S/C9H11NO2.C6H10O3/c10-8-2-1-3-9(11)7(8)4-6-5-12-6;1(5-3-8-5)7-2-6-4-9-6/h1-3,6,11H,4-5,10H2;5-6H,1-4H2. The summed E-state index contributed by atoms with van der Waals surface area (Å²) in [6.07, 6.45) is 1.77. The number of hydrogen-bond acceptors (Lipinski definition) is 6. The number of ether oxygens (including phenoxy) is 4. The Morgan fingerprint density at radius 1 is 1.05 bits per heavy atom. The first-order valence-electron chi connectivity index (χ1n) is 7.21. The Labute approximate surface area is 123 Å². The van der Waals surface area contributed by atoms with Gasteiger partial charge >= 0.3 is 0 Å². The highest BCUT2D eigenvalue weighted by molar-refractivity contribution is 5.54. The van der Waals surface area contributed by atoms with E-state index in [4.69, 9.17) is 24.7 Å². The minimum Gasteiger partial charge on any atom is -0.508 e. The van der Waals surface area contributed by atoms with E-state index in [1.54, 1.807) is 18.2 Å². The topological polar surface area (TPSA) is 93.1 Å². The second-order valence-corrected chi connectivity index (χ2v) is 5.45. The van der Waals surface area contributed by atoms with Crippen LogP contribution in [0.5, 0.6) is 5.75 Å². The lowest BCUT2D eigenvalue weighted by atomic mass is 10.1. The molecule has 0 bridgehead atoms. The molecule has 3 fully saturated rings. The molecule has 6 nitrogen and oxygen atoms in total. The van der Waals surface area contributed by atoms with Crippen LogP contribution in [-0.4, -0.2) is 56.5 Å². The van der Waals surface area contributed by atoms with Crippen LogP contribution >= 0.6 is 0 Å². The Morgan fingerprint density at radius 2 is 1.62 bits per heavy atom. The van der Waals surface area contributed by atoms with Crippen molar-refractivity contribution in [1.82, 2.24) is 0 Å². The Hall–Kier alpha value is -1.34. The number of nitrogen functional groups attached to an aromatic ring is 1. The average Bonchev–Trinajstić information content (AvgIpc) is 3.32. The highest BCUT2D eigenvalue weighted by atomic mass is 16.6. The quantitative estimate of drug-likeness (QED) is 0.593. The molecule has 0 amide bonds. The minimum atomic E-state index is 0.264. The second kappa shape index (κ2) is 6.62. The van der Waals surface area contributed by atoms with Gasteiger partial charge in [0.1, 0.15) is 18.0 Å². The molecule has 21 heavy (non-hydrogen) atoms. The van der Waals surface area contributed by atoms with Crippen LogP contribution in [-0.2, 0) is 25.4 Å². The van der Waals surface area contributed by atoms with Crippen molar-refractivity contribution in [3.8, 4) is 5.75 Å². The van der Waals surface area contributed by atoms with Crippen molar-refractivity contribution in [3.05, 3.63) is 23.8 Å². The second-order valence-electron chi connectivity index (χ2n) is 5.45. The number of anilines is 1. The van der Waals surface area contributed by atoms with E-state index in [9.17, 15) is 5.11 Å². The van der Waals surface area contributed by atoms with Crippen molar-refractivity contribution in [2.75, 3.05) is 38.8 Å². The van der Waals surface area contributed by atoms with Crippen LogP contribution < -0.4 is 5.73 Å². The van der Waals surface area contributed by atoms with Crippen LogP contribution in [0.3, 0.4) is 0 Å². The van der Waals surface area contributed by atoms with E-state index < -0.39 is 0 Å². The van der Waals surface area contributed by atoms with Crippen LogP contribution in [0.1, 0.15) is 5.56 Å². The number of phenolic OH excluding ortho intramolecular Hbond substituents is 1. The average molecular weight is 295 g/mol. The molecule has 3 aliphatic rings. The van der Waals surface area contributed by atoms with Crippen LogP contribution in [0.2, 0.25) is 0 Å². The van der Waals surface area contributed by atoms with Crippen molar-refractivity contribution < 1.29 is 24.1 Å². The van der Waals surface area contributed by atoms with Gasteiger partial charge in [0.15, 0.2) is 0 Å². The molecule has 1 aromatic carbocycles. The predicted octanol–water partition coefficient (Wildman–Crippen LogP) is 0.716. The molecule has 3 aliphatic heterocycles. The molecule has 3 N–H and O–H groups in total. The van der Waals surface area contributed by atoms with Crippen LogP contribution in [0, 0.1) is 0 Å². The highest BCUT2D eigenvalue weighted by Gasteiger charge is 2.26. The molecule has 3 unspecified atom stereocenters. The van der Waals surface area contributed by atoms with Gasteiger partial charge in [0.2, 0.25) is 0 Å². The number of nitrogens with two attached hydrogens (primary N) is 1. The van der Waals surface area contributed by atoms with E-state index in [-0.39, 0.29) is 11.9 Å². The van der Waals surface area contributed by atoms with Gasteiger partial charge in [-0.1, -0.05) is 6.07 Å². The van der Waals surface area contributed by atoms with E-state index in [0.717, 1.165) is 45.0 Å². The Kier molecular flexibility index (Phi) is 4.60. The van der Waals surface area contributed by atoms with Crippen molar-refractivity contribution in [2.24, 2.45) is 0 Å². The summed E-state index contributed by atoms with van der Waals surface area (Å²) in [7, 11) is 0. The van der Waals surface area contributed by atoms with E-state index in [1.165, 1.54) is 0 Å². The molecule has 3 saturated heterocycles. The smallest absolute Gasteiger partial charge is 0.120 e. The summed E-state index contributed by atoms with van der Waals surface area (Å²) in [5.41, 5.74) is 7.13. The van der Waals surface area contributed by atoms with Gasteiger partial charge in [-0.05, 0) is 12.1 Å². The maximum absolute atomic E-state index is 9.43. The van der Waals surface area contributed by atoms with Crippen molar-refractivity contribution in [3.63, 3.8) is 0 Å². The number of aromatic hydroxyl groups is 1. The molecule has 0 radical (unpaired) electrons. The molecular formula is C15H21NO5. The number of rotatable bonds is 6. The molecule has 0 aromatic heterocycles. The maximum atomic E-state index is 9.43. The van der Waals surface area contributed by atoms with E-state index in [2.05, 4.69) is 0 Å². The predicted molar refractivity (Wildman–Crippen MR) is 76.3 cm³/mol. The minimum absolute atomic E-state index is 0.264. The number of epoxide rings is 3. The van der Waals surface area contributed by atoms with Gasteiger partial charge in [0.25, 0.3) is 0 Å². The summed E-state index contributed by atoms with van der Waals surface area (Å²) in [6.45, 7) is 4.05. The summed E-state index contributed by atoms with van der Waals surface area (Å²) in [5, 5.41) is 9.43. The maximum Gasteiger partial charge on any atom is 0.120 e. The molecular weight excluding hydrogens is 274 g/mol. The third kappa shape index (κ3) is 5.17. The zero-order chi connectivity index (χ0) is 14.7. The highest BCUT2D eigenvalue weighted by Crippen LogP contribution is 2.27. The molecule has 3 heterocycles. The first kappa shape index (κ1) is 14.6. The van der Waals surface area contributed by atoms with Crippen LogP contribution in [0.4, 0.5) is 5.69 Å². The zero-order valence-corrected chi connectivity index (χ0v) is 11.9. The molecule has 0 saturated carbocycles. The number of benzene rings is 1. The van der Waals surface area contributed by atoms with Gasteiger partial charge in [-0.15, -0.1) is 0 Å². The first-order chi connectivity index (χ1) is 10.2. The van der Waals surface area contributed by atoms with Gasteiger partial charge in [0.05, 0.1) is 39.1 Å².